The summed E-state index contributed by atoms with van der Waals surface area (Å²) < 4.78 is 2.44. The molecule has 0 spiro atoms. The molecule has 5 rings (SSSR count). The molecule has 35 heavy (non-hydrogen) atoms. The van der Waals surface area contributed by atoms with Gasteiger partial charge in [0.05, 0.1) is 0 Å². The molecule has 1 saturated heterocycles. The van der Waals surface area contributed by atoms with Crippen LogP contribution >= 0.6 is 11.6 Å². The van der Waals surface area contributed by atoms with Gasteiger partial charge in [-0.15, -0.1) is 0 Å². The standard InChI is InChI=1S/C30H38ClN3O/c31-26-14-12-23(13-15-26)21-34-28(20-25-8-6-7-11-29(25)34)22-33-18-16-24(17-19-33)30(35)32-27-9-4-2-1-3-5-10-27/h6-8,11-15,20,24,27H,1-5,9-10,16-19,21-22H2,(H,32,35). The second-order valence-electron chi connectivity index (χ2n) is 10.5. The first-order chi connectivity index (χ1) is 17.2. The summed E-state index contributed by atoms with van der Waals surface area (Å²) in [5.41, 5.74) is 3.85. The lowest BCUT2D eigenvalue weighted by Crippen LogP contribution is -2.44. The highest BCUT2D eigenvalue weighted by molar-refractivity contribution is 6.30. The van der Waals surface area contributed by atoms with Crippen LogP contribution in [0, 0.1) is 5.92 Å². The number of benzene rings is 2. The topological polar surface area (TPSA) is 37.3 Å². The molecule has 2 heterocycles. The van der Waals surface area contributed by atoms with Crippen LogP contribution < -0.4 is 5.32 Å². The van der Waals surface area contributed by atoms with Gasteiger partial charge in [0.15, 0.2) is 0 Å². The van der Waals surface area contributed by atoms with Gasteiger partial charge in [-0.2, -0.15) is 0 Å². The van der Waals surface area contributed by atoms with Gasteiger partial charge in [-0.3, -0.25) is 9.69 Å². The lowest BCUT2D eigenvalue weighted by atomic mass is 9.93. The fourth-order valence-electron chi connectivity index (χ4n) is 5.86. The maximum Gasteiger partial charge on any atom is 0.223 e. The van der Waals surface area contributed by atoms with Crippen LogP contribution in [-0.2, 0) is 17.9 Å². The molecule has 2 aliphatic rings. The molecule has 1 N–H and O–H groups in total. The van der Waals surface area contributed by atoms with Crippen molar-refractivity contribution in [1.29, 1.82) is 0 Å². The van der Waals surface area contributed by atoms with Crippen LogP contribution in [0.4, 0.5) is 0 Å². The highest BCUT2D eigenvalue weighted by Crippen LogP contribution is 2.26. The number of nitrogens with zero attached hydrogens (tertiary/aromatic N) is 2. The Morgan fingerprint density at radius 3 is 2.29 bits per heavy atom. The summed E-state index contributed by atoms with van der Waals surface area (Å²) in [6.07, 6.45) is 10.7. The summed E-state index contributed by atoms with van der Waals surface area (Å²) in [6, 6.07) is 19.5. The SMILES string of the molecule is O=C(NC1CCCCCCC1)C1CCN(Cc2cc3ccccc3n2Cc2ccc(Cl)cc2)CC1. The first kappa shape index (κ1) is 24.4. The second-order valence-corrected chi connectivity index (χ2v) is 10.9. The monoisotopic (exact) mass is 491 g/mol. The molecule has 1 aromatic heterocycles. The lowest BCUT2D eigenvalue weighted by molar-refractivity contribution is -0.127. The molecule has 1 saturated carbocycles. The third-order valence-electron chi connectivity index (χ3n) is 7.95. The predicted molar refractivity (Wildman–Crippen MR) is 145 cm³/mol. The molecule has 0 atom stereocenters. The van der Waals surface area contributed by atoms with Gasteiger partial charge in [0, 0.05) is 41.3 Å². The van der Waals surface area contributed by atoms with E-state index < -0.39 is 0 Å². The van der Waals surface area contributed by atoms with Crippen LogP contribution in [0.3, 0.4) is 0 Å². The normalized spacial score (nSPS) is 18.9. The summed E-state index contributed by atoms with van der Waals surface area (Å²) in [4.78, 5) is 15.5. The number of para-hydroxylation sites is 1. The fraction of sp³-hybridized carbons (Fsp3) is 0.500. The van der Waals surface area contributed by atoms with E-state index >= 15 is 0 Å². The Balaban J connectivity index is 1.21. The van der Waals surface area contributed by atoms with Crippen molar-refractivity contribution in [3.05, 3.63) is 70.9 Å². The Hall–Kier alpha value is -2.30. The van der Waals surface area contributed by atoms with Crippen LogP contribution in [0.15, 0.2) is 54.6 Å². The van der Waals surface area contributed by atoms with Gasteiger partial charge in [0.25, 0.3) is 0 Å². The molecule has 0 unspecified atom stereocenters. The van der Waals surface area contributed by atoms with Crippen molar-refractivity contribution in [2.24, 2.45) is 5.92 Å². The Morgan fingerprint density at radius 2 is 1.54 bits per heavy atom. The van der Waals surface area contributed by atoms with Gasteiger partial charge >= 0.3 is 0 Å². The van der Waals surface area contributed by atoms with Gasteiger partial charge in [-0.25, -0.2) is 0 Å². The van der Waals surface area contributed by atoms with E-state index in [1.54, 1.807) is 0 Å². The van der Waals surface area contributed by atoms with Crippen molar-refractivity contribution in [1.82, 2.24) is 14.8 Å². The van der Waals surface area contributed by atoms with E-state index in [1.165, 1.54) is 54.3 Å². The van der Waals surface area contributed by atoms with Crippen LogP contribution in [0.2, 0.25) is 5.02 Å². The molecule has 3 aromatic rings. The summed E-state index contributed by atoms with van der Waals surface area (Å²) in [5, 5.41) is 5.46. The zero-order chi connectivity index (χ0) is 24.0. The van der Waals surface area contributed by atoms with Gasteiger partial charge < -0.3 is 9.88 Å². The van der Waals surface area contributed by atoms with Crippen LogP contribution in [0.1, 0.15) is 69.0 Å². The Bertz CT molecular complexity index is 1110. The molecule has 1 aliphatic heterocycles. The number of amides is 1. The molecular weight excluding hydrogens is 454 g/mol. The maximum atomic E-state index is 13.0. The van der Waals surface area contributed by atoms with E-state index in [-0.39, 0.29) is 5.92 Å². The van der Waals surface area contributed by atoms with E-state index in [2.05, 4.69) is 57.2 Å². The van der Waals surface area contributed by atoms with E-state index in [9.17, 15) is 4.79 Å². The average Bonchev–Trinajstić information content (AvgIpc) is 3.19. The number of aromatic nitrogens is 1. The van der Waals surface area contributed by atoms with Crippen LogP contribution in [0.25, 0.3) is 10.9 Å². The molecule has 5 heteroatoms. The minimum Gasteiger partial charge on any atom is -0.353 e. The summed E-state index contributed by atoms with van der Waals surface area (Å²) in [5.74, 6) is 0.462. The highest BCUT2D eigenvalue weighted by atomic mass is 35.5. The van der Waals surface area contributed by atoms with Gasteiger partial charge in [0.2, 0.25) is 5.91 Å². The number of nitrogens with one attached hydrogen (secondary N) is 1. The number of piperidine rings is 1. The molecule has 1 aliphatic carbocycles. The molecule has 0 bridgehead atoms. The molecular formula is C30H38ClN3O. The zero-order valence-corrected chi connectivity index (χ0v) is 21.5. The number of likely N-dealkylation sites (tertiary alicyclic amines) is 1. The van der Waals surface area contributed by atoms with Crippen molar-refractivity contribution in [3.8, 4) is 0 Å². The average molecular weight is 492 g/mol. The number of carbonyl (C=O) groups is 1. The quantitative estimate of drug-likeness (QED) is 0.412. The first-order valence-electron chi connectivity index (χ1n) is 13.5. The number of halogens is 1. The lowest BCUT2D eigenvalue weighted by Gasteiger charge is -2.32. The molecule has 2 fully saturated rings. The minimum atomic E-state index is 0.164. The first-order valence-corrected chi connectivity index (χ1v) is 13.9. The number of hydrogen-bond donors (Lipinski definition) is 1. The minimum absolute atomic E-state index is 0.164. The Morgan fingerprint density at radius 1 is 0.857 bits per heavy atom. The molecule has 2 aromatic carbocycles. The highest BCUT2D eigenvalue weighted by Gasteiger charge is 2.27. The van der Waals surface area contributed by atoms with Crippen LogP contribution in [-0.4, -0.2) is 34.5 Å². The zero-order valence-electron chi connectivity index (χ0n) is 20.7. The van der Waals surface area contributed by atoms with Crippen molar-refractivity contribution in [2.75, 3.05) is 13.1 Å². The third kappa shape index (κ3) is 6.29. The van der Waals surface area contributed by atoms with E-state index in [0.717, 1.165) is 56.9 Å². The van der Waals surface area contributed by atoms with Gasteiger partial charge in [-0.1, -0.05) is 74.0 Å². The molecule has 186 valence electrons. The molecule has 0 radical (unpaired) electrons. The predicted octanol–water partition coefficient (Wildman–Crippen LogP) is 6.78. The van der Waals surface area contributed by atoms with Crippen LogP contribution in [0.5, 0.6) is 0 Å². The van der Waals surface area contributed by atoms with Gasteiger partial charge in [-0.05, 0) is 74.0 Å². The van der Waals surface area contributed by atoms with Crippen molar-refractivity contribution in [3.63, 3.8) is 0 Å². The van der Waals surface area contributed by atoms with E-state index in [1.807, 2.05) is 12.1 Å². The summed E-state index contributed by atoms with van der Waals surface area (Å²) in [7, 11) is 0. The largest absolute Gasteiger partial charge is 0.353 e. The van der Waals surface area contributed by atoms with Crippen molar-refractivity contribution < 1.29 is 4.79 Å². The Labute approximate surface area is 214 Å². The van der Waals surface area contributed by atoms with E-state index in [4.69, 9.17) is 11.6 Å². The maximum absolute atomic E-state index is 13.0. The van der Waals surface area contributed by atoms with E-state index in [0.29, 0.717) is 11.9 Å². The molecule has 4 nitrogen and oxygen atoms in total. The van der Waals surface area contributed by atoms with Crippen molar-refractivity contribution >= 4 is 28.4 Å². The molecule has 1 amide bonds. The number of fused-ring (bicyclic) bond motifs is 1. The smallest absolute Gasteiger partial charge is 0.223 e. The van der Waals surface area contributed by atoms with Crippen molar-refractivity contribution in [2.45, 2.75) is 76.9 Å². The fourth-order valence-corrected chi connectivity index (χ4v) is 5.99. The Kier molecular flexibility index (Phi) is 8.10. The summed E-state index contributed by atoms with van der Waals surface area (Å²) in [6.45, 7) is 3.70. The number of hydrogen-bond acceptors (Lipinski definition) is 2. The van der Waals surface area contributed by atoms with Gasteiger partial charge in [0.1, 0.15) is 0 Å². The second kappa shape index (κ2) is 11.6. The number of carbonyl (C=O) groups excluding carboxylic acids is 1. The number of rotatable bonds is 6. The third-order valence-corrected chi connectivity index (χ3v) is 8.20. The summed E-state index contributed by atoms with van der Waals surface area (Å²) >= 11 is 6.11.